The van der Waals surface area contributed by atoms with Crippen LogP contribution < -0.4 is 10.0 Å². The molecule has 0 saturated carbocycles. The van der Waals surface area contributed by atoms with E-state index in [1.807, 2.05) is 13.8 Å². The summed E-state index contributed by atoms with van der Waals surface area (Å²) in [6.45, 7) is 6.95. The SMILES string of the molecule is CCNC(=NCCCNS(C)(=O)=O)N1CC(C)C(C(=O)OC)C1.I. The Bertz CT molecular complexity index is 527. The van der Waals surface area contributed by atoms with Gasteiger partial charge in [-0.15, -0.1) is 24.0 Å². The lowest BCUT2D eigenvalue weighted by atomic mass is 9.99. The molecule has 0 aliphatic carbocycles. The number of esters is 1. The average Bonchev–Trinajstić information content (AvgIpc) is 2.85. The number of carbonyl (C=O) groups is 1. The molecule has 10 heteroatoms. The van der Waals surface area contributed by atoms with E-state index in [1.54, 1.807) is 0 Å². The molecule has 0 aromatic rings. The summed E-state index contributed by atoms with van der Waals surface area (Å²) in [4.78, 5) is 18.3. The number of halogens is 1. The van der Waals surface area contributed by atoms with Crippen molar-refractivity contribution in [3.63, 3.8) is 0 Å². The Morgan fingerprint density at radius 1 is 1.38 bits per heavy atom. The topological polar surface area (TPSA) is 100 Å². The smallest absolute Gasteiger partial charge is 0.310 e. The van der Waals surface area contributed by atoms with Crippen molar-refractivity contribution in [2.75, 3.05) is 46.1 Å². The van der Waals surface area contributed by atoms with Gasteiger partial charge in [0.25, 0.3) is 0 Å². The third kappa shape index (κ3) is 7.97. The second-order valence-electron chi connectivity index (χ2n) is 5.77. The summed E-state index contributed by atoms with van der Waals surface area (Å²) in [6.07, 6.45) is 1.75. The highest BCUT2D eigenvalue weighted by Crippen LogP contribution is 2.24. The van der Waals surface area contributed by atoms with Gasteiger partial charge in [0.1, 0.15) is 0 Å². The van der Waals surface area contributed by atoms with Crippen LogP contribution in [0.25, 0.3) is 0 Å². The van der Waals surface area contributed by atoms with Gasteiger partial charge < -0.3 is 15.0 Å². The zero-order valence-corrected chi connectivity index (χ0v) is 17.9. The molecule has 24 heavy (non-hydrogen) atoms. The number of nitrogens with one attached hydrogen (secondary N) is 2. The van der Waals surface area contributed by atoms with E-state index in [0.717, 1.165) is 25.3 Å². The van der Waals surface area contributed by atoms with Gasteiger partial charge in [-0.2, -0.15) is 0 Å². The molecule has 0 aromatic heterocycles. The Morgan fingerprint density at radius 2 is 2.04 bits per heavy atom. The average molecular weight is 476 g/mol. The fraction of sp³-hybridized carbons (Fsp3) is 0.857. The van der Waals surface area contributed by atoms with Crippen molar-refractivity contribution in [3.05, 3.63) is 0 Å². The van der Waals surface area contributed by atoms with Crippen LogP contribution in [0, 0.1) is 11.8 Å². The first-order valence-electron chi connectivity index (χ1n) is 7.84. The number of carbonyl (C=O) groups excluding carboxylic acids is 1. The van der Waals surface area contributed by atoms with Crippen molar-refractivity contribution in [3.8, 4) is 0 Å². The van der Waals surface area contributed by atoms with Crippen molar-refractivity contribution in [2.45, 2.75) is 20.3 Å². The van der Waals surface area contributed by atoms with E-state index in [1.165, 1.54) is 7.11 Å². The molecule has 2 atom stereocenters. The molecule has 1 rings (SSSR count). The number of hydrogen-bond acceptors (Lipinski definition) is 5. The predicted molar refractivity (Wildman–Crippen MR) is 105 cm³/mol. The molecular formula is C14H29IN4O4S. The third-order valence-electron chi connectivity index (χ3n) is 3.71. The largest absolute Gasteiger partial charge is 0.469 e. The van der Waals surface area contributed by atoms with E-state index < -0.39 is 10.0 Å². The number of guanidine groups is 1. The van der Waals surface area contributed by atoms with Gasteiger partial charge in [-0.3, -0.25) is 9.79 Å². The fourth-order valence-electron chi connectivity index (χ4n) is 2.55. The van der Waals surface area contributed by atoms with Gasteiger partial charge in [-0.05, 0) is 19.3 Å². The first kappa shape index (κ1) is 23.4. The zero-order chi connectivity index (χ0) is 17.5. The molecule has 1 aliphatic rings. The Hall–Kier alpha value is -0.620. The number of nitrogens with zero attached hydrogens (tertiary/aromatic N) is 2. The van der Waals surface area contributed by atoms with Gasteiger partial charge in [0.05, 0.1) is 19.3 Å². The normalized spacial score (nSPS) is 21.3. The summed E-state index contributed by atoms with van der Waals surface area (Å²) in [7, 11) is -1.75. The molecule has 2 unspecified atom stereocenters. The molecule has 0 aromatic carbocycles. The fourth-order valence-corrected chi connectivity index (χ4v) is 3.06. The standard InChI is InChI=1S/C14H28N4O4S.HI/c1-5-15-14(16-7-6-8-17-23(4,20)21)18-9-11(2)12(10-18)13(19)22-3;/h11-12,17H,5-10H2,1-4H3,(H,15,16);1H. The van der Waals surface area contributed by atoms with Crippen LogP contribution in [0.15, 0.2) is 4.99 Å². The minimum absolute atomic E-state index is 0. The highest BCUT2D eigenvalue weighted by atomic mass is 127. The molecule has 2 N–H and O–H groups in total. The number of sulfonamides is 1. The monoisotopic (exact) mass is 476 g/mol. The molecule has 8 nitrogen and oxygen atoms in total. The van der Waals surface area contributed by atoms with Gasteiger partial charge in [-0.25, -0.2) is 13.1 Å². The molecule has 0 radical (unpaired) electrons. The van der Waals surface area contributed by atoms with Crippen molar-refractivity contribution in [2.24, 2.45) is 16.8 Å². The van der Waals surface area contributed by atoms with Crippen LogP contribution in [-0.4, -0.2) is 71.3 Å². The molecular weight excluding hydrogens is 447 g/mol. The lowest BCUT2D eigenvalue weighted by Gasteiger charge is -2.21. The number of methoxy groups -OCH3 is 1. The van der Waals surface area contributed by atoms with Gasteiger partial charge in [0.2, 0.25) is 10.0 Å². The first-order chi connectivity index (χ1) is 10.8. The number of ether oxygens (including phenoxy) is 1. The van der Waals surface area contributed by atoms with Crippen LogP contribution in [0.3, 0.4) is 0 Å². The van der Waals surface area contributed by atoms with Gasteiger partial charge in [0.15, 0.2) is 5.96 Å². The van der Waals surface area contributed by atoms with Crippen LogP contribution in [-0.2, 0) is 19.6 Å². The van der Waals surface area contributed by atoms with E-state index in [4.69, 9.17) is 4.74 Å². The predicted octanol–water partition coefficient (Wildman–Crippen LogP) is 0.250. The van der Waals surface area contributed by atoms with Gasteiger partial charge >= 0.3 is 5.97 Å². The van der Waals surface area contributed by atoms with E-state index in [0.29, 0.717) is 26.1 Å². The summed E-state index contributed by atoms with van der Waals surface area (Å²) in [5, 5.41) is 3.21. The van der Waals surface area contributed by atoms with E-state index in [-0.39, 0.29) is 41.8 Å². The van der Waals surface area contributed by atoms with Crippen molar-refractivity contribution in [1.29, 1.82) is 0 Å². The number of aliphatic imine (C=N–C) groups is 1. The Balaban J connectivity index is 0.00000529. The maximum absolute atomic E-state index is 11.8. The summed E-state index contributed by atoms with van der Waals surface area (Å²) >= 11 is 0. The molecule has 0 spiro atoms. The minimum Gasteiger partial charge on any atom is -0.469 e. The Labute approximate surface area is 161 Å². The lowest BCUT2D eigenvalue weighted by Crippen LogP contribution is -2.40. The third-order valence-corrected chi connectivity index (χ3v) is 4.44. The van der Waals surface area contributed by atoms with E-state index in [2.05, 4.69) is 19.9 Å². The first-order valence-corrected chi connectivity index (χ1v) is 9.73. The quantitative estimate of drug-likeness (QED) is 0.180. The van der Waals surface area contributed by atoms with Crippen LogP contribution in [0.5, 0.6) is 0 Å². The highest BCUT2D eigenvalue weighted by Gasteiger charge is 2.36. The molecule has 142 valence electrons. The number of hydrogen-bond donors (Lipinski definition) is 2. The van der Waals surface area contributed by atoms with Crippen molar-refractivity contribution >= 4 is 45.9 Å². The zero-order valence-electron chi connectivity index (χ0n) is 14.7. The van der Waals surface area contributed by atoms with E-state index >= 15 is 0 Å². The minimum atomic E-state index is -3.15. The summed E-state index contributed by atoms with van der Waals surface area (Å²) < 4.78 is 29.3. The molecule has 0 bridgehead atoms. The van der Waals surface area contributed by atoms with Gasteiger partial charge in [0, 0.05) is 32.7 Å². The second-order valence-corrected chi connectivity index (χ2v) is 7.60. The molecule has 1 saturated heterocycles. The maximum atomic E-state index is 11.8. The second kappa shape index (κ2) is 11.1. The van der Waals surface area contributed by atoms with Crippen molar-refractivity contribution < 1.29 is 17.9 Å². The Morgan fingerprint density at radius 3 is 2.58 bits per heavy atom. The molecule has 0 amide bonds. The summed E-state index contributed by atoms with van der Waals surface area (Å²) in [5.74, 6) is 0.632. The molecule has 1 heterocycles. The van der Waals surface area contributed by atoms with Crippen LogP contribution in [0.2, 0.25) is 0 Å². The number of likely N-dealkylation sites (tertiary alicyclic amines) is 1. The van der Waals surface area contributed by atoms with Crippen LogP contribution >= 0.6 is 24.0 Å². The summed E-state index contributed by atoms with van der Waals surface area (Å²) in [5.41, 5.74) is 0. The van der Waals surface area contributed by atoms with Crippen LogP contribution in [0.1, 0.15) is 20.3 Å². The van der Waals surface area contributed by atoms with Crippen LogP contribution in [0.4, 0.5) is 0 Å². The van der Waals surface area contributed by atoms with Gasteiger partial charge in [-0.1, -0.05) is 6.92 Å². The molecule has 1 aliphatic heterocycles. The lowest BCUT2D eigenvalue weighted by molar-refractivity contribution is -0.145. The number of rotatable bonds is 7. The highest BCUT2D eigenvalue weighted by molar-refractivity contribution is 14.0. The Kier molecular flexibility index (Phi) is 10.8. The van der Waals surface area contributed by atoms with Crippen molar-refractivity contribution in [1.82, 2.24) is 14.9 Å². The molecule has 1 fully saturated rings. The summed E-state index contributed by atoms with van der Waals surface area (Å²) in [6, 6.07) is 0. The maximum Gasteiger partial charge on any atom is 0.310 e. The van der Waals surface area contributed by atoms with E-state index in [9.17, 15) is 13.2 Å².